The summed E-state index contributed by atoms with van der Waals surface area (Å²) in [6.07, 6.45) is 7.26. The van der Waals surface area contributed by atoms with Gasteiger partial charge in [0.05, 0.1) is 23.4 Å². The molecular formula is C22H23N3O2. The summed E-state index contributed by atoms with van der Waals surface area (Å²) in [5, 5.41) is 3.10. The van der Waals surface area contributed by atoms with Crippen molar-refractivity contribution in [3.8, 4) is 12.3 Å². The second kappa shape index (κ2) is 7.26. The van der Waals surface area contributed by atoms with E-state index in [1.807, 2.05) is 61.7 Å². The molecule has 0 unspecified atom stereocenters. The van der Waals surface area contributed by atoms with E-state index in [1.54, 1.807) is 13.2 Å². The Bertz CT molecular complexity index is 1020. The molecular weight excluding hydrogens is 338 g/mol. The van der Waals surface area contributed by atoms with Gasteiger partial charge in [-0.1, -0.05) is 18.1 Å². The second-order valence-electron chi connectivity index (χ2n) is 7.05. The fraction of sp³-hybridized carbons (Fsp3) is 0.273. The van der Waals surface area contributed by atoms with Crippen molar-refractivity contribution in [2.75, 3.05) is 7.11 Å². The van der Waals surface area contributed by atoms with Crippen molar-refractivity contribution in [3.63, 3.8) is 0 Å². The highest BCUT2D eigenvalue weighted by Crippen LogP contribution is 2.22. The van der Waals surface area contributed by atoms with Gasteiger partial charge in [0.15, 0.2) is 0 Å². The molecule has 0 radical (unpaired) electrons. The van der Waals surface area contributed by atoms with Gasteiger partial charge in [-0.05, 0) is 50.6 Å². The SMILES string of the molecule is C#Cc1ccc(C(C)(C)NC(=O)c2ccn3c(COC)cc(C)nc23)cc1. The average Bonchev–Trinajstić information content (AvgIpc) is 3.05. The van der Waals surface area contributed by atoms with E-state index in [-0.39, 0.29) is 5.91 Å². The number of carbonyl (C=O) groups excluding carboxylic acids is 1. The zero-order valence-electron chi connectivity index (χ0n) is 16.0. The zero-order chi connectivity index (χ0) is 19.6. The Kier molecular flexibility index (Phi) is 5.02. The van der Waals surface area contributed by atoms with Crippen molar-refractivity contribution < 1.29 is 9.53 Å². The van der Waals surface area contributed by atoms with Crippen LogP contribution in [0.5, 0.6) is 0 Å². The maximum Gasteiger partial charge on any atom is 0.255 e. The van der Waals surface area contributed by atoms with Crippen LogP contribution in [0, 0.1) is 19.3 Å². The molecule has 0 aliphatic rings. The van der Waals surface area contributed by atoms with Crippen LogP contribution in [0.4, 0.5) is 0 Å². The van der Waals surface area contributed by atoms with Gasteiger partial charge in [0.1, 0.15) is 5.65 Å². The molecule has 1 N–H and O–H groups in total. The highest BCUT2D eigenvalue weighted by atomic mass is 16.5. The summed E-state index contributed by atoms with van der Waals surface area (Å²) in [4.78, 5) is 17.5. The molecule has 0 aliphatic carbocycles. The molecule has 27 heavy (non-hydrogen) atoms. The van der Waals surface area contributed by atoms with E-state index in [4.69, 9.17) is 11.2 Å². The standard InChI is InChI=1S/C22H23N3O2/c1-6-16-7-9-17(10-8-16)22(3,4)24-21(26)19-11-12-25-18(14-27-5)13-15(2)23-20(19)25/h1,7-13H,14H2,2-5H3,(H,24,26). The minimum Gasteiger partial charge on any atom is -0.378 e. The molecule has 0 aliphatic heterocycles. The number of methoxy groups -OCH3 is 1. The van der Waals surface area contributed by atoms with E-state index >= 15 is 0 Å². The Balaban J connectivity index is 1.92. The van der Waals surface area contributed by atoms with Gasteiger partial charge in [0.25, 0.3) is 5.91 Å². The molecule has 2 heterocycles. The lowest BCUT2D eigenvalue weighted by molar-refractivity contribution is 0.0913. The summed E-state index contributed by atoms with van der Waals surface area (Å²) in [5.74, 6) is 2.43. The predicted molar refractivity (Wildman–Crippen MR) is 106 cm³/mol. The summed E-state index contributed by atoms with van der Waals surface area (Å²) in [5.41, 5.74) is 4.17. The van der Waals surface area contributed by atoms with Crippen LogP contribution in [0.15, 0.2) is 42.6 Å². The highest BCUT2D eigenvalue weighted by molar-refractivity contribution is 6.00. The van der Waals surface area contributed by atoms with Crippen molar-refractivity contribution in [1.82, 2.24) is 14.7 Å². The van der Waals surface area contributed by atoms with Gasteiger partial charge in [-0.25, -0.2) is 4.98 Å². The smallest absolute Gasteiger partial charge is 0.255 e. The van der Waals surface area contributed by atoms with Gasteiger partial charge in [-0.3, -0.25) is 4.79 Å². The number of nitrogens with one attached hydrogen (secondary N) is 1. The van der Waals surface area contributed by atoms with Gasteiger partial charge < -0.3 is 14.5 Å². The number of benzene rings is 1. The van der Waals surface area contributed by atoms with Crippen LogP contribution in [0.2, 0.25) is 0 Å². The third-order valence-corrected chi connectivity index (χ3v) is 4.56. The quantitative estimate of drug-likeness (QED) is 0.709. The number of carbonyl (C=O) groups is 1. The molecule has 3 aromatic rings. The number of amides is 1. The molecule has 0 saturated heterocycles. The van der Waals surface area contributed by atoms with Crippen LogP contribution in [0.3, 0.4) is 0 Å². The lowest BCUT2D eigenvalue weighted by Gasteiger charge is -2.27. The van der Waals surface area contributed by atoms with Crippen LogP contribution < -0.4 is 5.32 Å². The molecule has 2 aromatic heterocycles. The number of fused-ring (bicyclic) bond motifs is 1. The third kappa shape index (κ3) is 3.71. The van der Waals surface area contributed by atoms with E-state index in [0.717, 1.165) is 22.5 Å². The van der Waals surface area contributed by atoms with Crippen molar-refractivity contribution >= 4 is 11.6 Å². The fourth-order valence-corrected chi connectivity index (χ4v) is 3.12. The number of nitrogens with zero attached hydrogens (tertiary/aromatic N) is 2. The van der Waals surface area contributed by atoms with Gasteiger partial charge in [0, 0.05) is 24.6 Å². The van der Waals surface area contributed by atoms with Crippen molar-refractivity contribution in [2.45, 2.75) is 32.9 Å². The number of aromatic nitrogens is 2. The maximum absolute atomic E-state index is 13.0. The number of hydrogen-bond donors (Lipinski definition) is 1. The number of hydrogen-bond acceptors (Lipinski definition) is 3. The van der Waals surface area contributed by atoms with Gasteiger partial charge in [0.2, 0.25) is 0 Å². The van der Waals surface area contributed by atoms with Crippen molar-refractivity contribution in [3.05, 3.63) is 70.7 Å². The average molecular weight is 361 g/mol. The molecule has 5 heteroatoms. The Morgan fingerprint density at radius 3 is 2.63 bits per heavy atom. The van der Waals surface area contributed by atoms with Crippen LogP contribution in [0.1, 0.15) is 46.7 Å². The molecule has 0 saturated carbocycles. The maximum atomic E-state index is 13.0. The highest BCUT2D eigenvalue weighted by Gasteiger charge is 2.25. The van der Waals surface area contributed by atoms with Gasteiger partial charge in [-0.15, -0.1) is 6.42 Å². The Hall–Kier alpha value is -3.10. The number of terminal acetylenes is 1. The second-order valence-corrected chi connectivity index (χ2v) is 7.05. The Morgan fingerprint density at radius 2 is 2.00 bits per heavy atom. The largest absolute Gasteiger partial charge is 0.378 e. The minimum atomic E-state index is -0.558. The summed E-state index contributed by atoms with van der Waals surface area (Å²) in [7, 11) is 1.65. The first-order valence-corrected chi connectivity index (χ1v) is 8.72. The summed E-state index contributed by atoms with van der Waals surface area (Å²) >= 11 is 0. The van der Waals surface area contributed by atoms with E-state index in [0.29, 0.717) is 17.8 Å². The van der Waals surface area contributed by atoms with Gasteiger partial charge in [-0.2, -0.15) is 0 Å². The first-order valence-electron chi connectivity index (χ1n) is 8.72. The monoisotopic (exact) mass is 361 g/mol. The normalized spacial score (nSPS) is 11.4. The van der Waals surface area contributed by atoms with Crippen LogP contribution in [0.25, 0.3) is 5.65 Å². The minimum absolute atomic E-state index is 0.176. The summed E-state index contributed by atoms with van der Waals surface area (Å²) < 4.78 is 7.14. The molecule has 1 amide bonds. The van der Waals surface area contributed by atoms with Crippen LogP contribution in [-0.4, -0.2) is 22.4 Å². The summed E-state index contributed by atoms with van der Waals surface area (Å²) in [6.45, 7) is 6.28. The Morgan fingerprint density at radius 1 is 1.30 bits per heavy atom. The predicted octanol–water partition coefficient (Wildman–Crippen LogP) is 3.44. The lowest BCUT2D eigenvalue weighted by atomic mass is 9.93. The number of ether oxygens (including phenoxy) is 1. The number of aryl methyl sites for hydroxylation is 1. The molecule has 0 spiro atoms. The molecule has 138 valence electrons. The van der Waals surface area contributed by atoms with Crippen LogP contribution in [-0.2, 0) is 16.9 Å². The molecule has 0 bridgehead atoms. The van der Waals surface area contributed by atoms with E-state index in [1.165, 1.54) is 0 Å². The van der Waals surface area contributed by atoms with Gasteiger partial charge >= 0.3 is 0 Å². The number of rotatable bonds is 5. The molecule has 0 fully saturated rings. The molecule has 0 atom stereocenters. The van der Waals surface area contributed by atoms with E-state index in [9.17, 15) is 4.79 Å². The Labute approximate surface area is 159 Å². The van der Waals surface area contributed by atoms with Crippen LogP contribution >= 0.6 is 0 Å². The first kappa shape index (κ1) is 18.7. The lowest BCUT2D eigenvalue weighted by Crippen LogP contribution is -2.41. The van der Waals surface area contributed by atoms with E-state index < -0.39 is 5.54 Å². The third-order valence-electron chi connectivity index (χ3n) is 4.56. The topological polar surface area (TPSA) is 55.6 Å². The summed E-state index contributed by atoms with van der Waals surface area (Å²) in [6, 6.07) is 11.4. The molecule has 3 rings (SSSR count). The van der Waals surface area contributed by atoms with E-state index in [2.05, 4.69) is 16.2 Å². The molecule has 1 aromatic carbocycles. The van der Waals surface area contributed by atoms with Crippen molar-refractivity contribution in [2.24, 2.45) is 0 Å². The van der Waals surface area contributed by atoms with Crippen molar-refractivity contribution in [1.29, 1.82) is 0 Å². The fourth-order valence-electron chi connectivity index (χ4n) is 3.12. The first-order chi connectivity index (χ1) is 12.9. The zero-order valence-corrected chi connectivity index (χ0v) is 16.0. The molecule has 5 nitrogen and oxygen atoms in total.